The Hall–Kier alpha value is -2.39. The molecule has 5 rings (SSSR count). The van der Waals surface area contributed by atoms with E-state index in [1.807, 2.05) is 51.1 Å². The summed E-state index contributed by atoms with van der Waals surface area (Å²) in [6.45, 7) is 5.77. The highest BCUT2D eigenvalue weighted by Gasteiger charge is 2.19. The number of nitrogens with zero attached hydrogens (tertiary/aromatic N) is 1. The van der Waals surface area contributed by atoms with E-state index < -0.39 is 11.8 Å². The number of hydrogen-bond donors (Lipinski definition) is 0. The summed E-state index contributed by atoms with van der Waals surface area (Å²) in [7, 11) is 0. The van der Waals surface area contributed by atoms with Crippen LogP contribution in [0.2, 0.25) is 0 Å². The van der Waals surface area contributed by atoms with Crippen molar-refractivity contribution in [2.75, 3.05) is 0 Å². The molecule has 0 bridgehead atoms. The first-order chi connectivity index (χ1) is 12.8. The van der Waals surface area contributed by atoms with E-state index in [0.717, 1.165) is 32.5 Å². The predicted octanol–water partition coefficient (Wildman–Crippen LogP) is 6.89. The van der Waals surface area contributed by atoms with Gasteiger partial charge in [0, 0.05) is 34.7 Å². The fourth-order valence-electron chi connectivity index (χ4n) is 3.44. The summed E-state index contributed by atoms with van der Waals surface area (Å²) in [5.41, 5.74) is 3.78. The van der Waals surface area contributed by atoms with Crippen molar-refractivity contribution in [3.05, 3.63) is 54.2 Å². The first kappa shape index (κ1) is 12.9. The number of aromatic nitrogens is 1. The molecule has 0 fully saturated rings. The lowest BCUT2D eigenvalue weighted by Crippen LogP contribution is -2.09. The lowest BCUT2D eigenvalue weighted by molar-refractivity contribution is 0.411. The van der Waals surface area contributed by atoms with Crippen molar-refractivity contribution in [3.8, 4) is 11.3 Å². The van der Waals surface area contributed by atoms with Gasteiger partial charge in [0.1, 0.15) is 11.2 Å². The van der Waals surface area contributed by atoms with Gasteiger partial charge in [-0.1, -0.05) is 26.8 Å². The highest BCUT2D eigenvalue weighted by Crippen LogP contribution is 2.46. The normalized spacial score (nSPS) is 14.5. The average Bonchev–Trinajstić information content (AvgIpc) is 3.20. The third-order valence-corrected chi connectivity index (χ3v) is 5.53. The molecule has 0 saturated heterocycles. The maximum absolute atomic E-state index is 8.59. The quantitative estimate of drug-likeness (QED) is 0.347. The molecular formula is C22H19NOS. The van der Waals surface area contributed by atoms with Crippen molar-refractivity contribution >= 4 is 42.7 Å². The van der Waals surface area contributed by atoms with Gasteiger partial charge in [0.05, 0.1) is 5.69 Å². The lowest BCUT2D eigenvalue weighted by Gasteiger charge is -2.18. The monoisotopic (exact) mass is 347 g/mol. The molecule has 2 aromatic carbocycles. The molecule has 124 valence electrons. The van der Waals surface area contributed by atoms with E-state index in [4.69, 9.17) is 7.16 Å². The highest BCUT2D eigenvalue weighted by molar-refractivity contribution is 7.26. The molecule has 0 N–H and O–H groups in total. The van der Waals surface area contributed by atoms with Gasteiger partial charge in [-0.15, -0.1) is 11.3 Å². The minimum Gasteiger partial charge on any atom is -0.456 e. The summed E-state index contributed by atoms with van der Waals surface area (Å²) >= 11 is 1.74. The van der Waals surface area contributed by atoms with Gasteiger partial charge in [0.15, 0.2) is 0 Å². The molecule has 0 saturated carbocycles. The Labute approximate surface area is 153 Å². The number of rotatable bonds is 2. The number of pyridine rings is 1. The van der Waals surface area contributed by atoms with Gasteiger partial charge >= 0.3 is 0 Å². The van der Waals surface area contributed by atoms with Crippen LogP contribution in [-0.4, -0.2) is 4.98 Å². The summed E-state index contributed by atoms with van der Waals surface area (Å²) in [5.74, 6) is 0. The zero-order chi connectivity index (χ0) is 19.0. The lowest BCUT2D eigenvalue weighted by atomic mass is 9.88. The Kier molecular flexibility index (Phi) is 2.61. The van der Waals surface area contributed by atoms with Gasteiger partial charge in [0.2, 0.25) is 0 Å². The second kappa shape index (κ2) is 5.06. The molecule has 3 heteroatoms. The third kappa shape index (κ3) is 2.34. The number of thiophene rings is 1. The van der Waals surface area contributed by atoms with E-state index in [-0.39, 0.29) is 0 Å². The van der Waals surface area contributed by atoms with Crippen molar-refractivity contribution in [1.29, 1.82) is 0 Å². The number of furan rings is 1. The fourth-order valence-corrected chi connectivity index (χ4v) is 4.70. The first-order valence-electron chi connectivity index (χ1n) is 9.40. The Balaban J connectivity index is 1.76. The molecule has 3 heterocycles. The Morgan fingerprint density at radius 1 is 1.08 bits per heavy atom. The SMILES string of the molecule is [2H]C([2H])(c1ccnc(-c2ccc3oc4cccc5sc2c3c45)c1)C(C)(C)C. The topological polar surface area (TPSA) is 26.0 Å². The van der Waals surface area contributed by atoms with Crippen LogP contribution in [0, 0.1) is 5.41 Å². The van der Waals surface area contributed by atoms with Gasteiger partial charge in [-0.05, 0) is 53.7 Å². The van der Waals surface area contributed by atoms with Gasteiger partial charge < -0.3 is 4.42 Å². The van der Waals surface area contributed by atoms with Crippen molar-refractivity contribution in [1.82, 2.24) is 4.98 Å². The van der Waals surface area contributed by atoms with E-state index in [0.29, 0.717) is 5.56 Å². The molecule has 0 aliphatic rings. The molecule has 0 aliphatic heterocycles. The molecule has 0 atom stereocenters. The van der Waals surface area contributed by atoms with Crippen molar-refractivity contribution in [2.45, 2.75) is 27.1 Å². The second-order valence-electron chi connectivity index (χ2n) is 7.45. The standard InChI is InChI=1S/C22H19NOS/c1-22(2,3)12-13-9-10-23-15(11-13)14-7-8-17-20-19-16(24-17)5-4-6-18(19)25-21(14)20/h4-11H,12H2,1-3H3/i12D2. The smallest absolute Gasteiger partial charge is 0.136 e. The highest BCUT2D eigenvalue weighted by atomic mass is 32.1. The fraction of sp³-hybridized carbons (Fsp3) is 0.227. The van der Waals surface area contributed by atoms with Crippen LogP contribution in [0.4, 0.5) is 0 Å². The second-order valence-corrected chi connectivity index (χ2v) is 8.51. The van der Waals surface area contributed by atoms with E-state index in [2.05, 4.69) is 11.1 Å². The largest absolute Gasteiger partial charge is 0.456 e. The van der Waals surface area contributed by atoms with Crippen LogP contribution in [0.15, 0.2) is 53.1 Å². The summed E-state index contributed by atoms with van der Waals surface area (Å²) in [5, 5.41) is 2.32. The van der Waals surface area contributed by atoms with Gasteiger partial charge in [0.25, 0.3) is 0 Å². The number of benzene rings is 2. The molecule has 5 aromatic rings. The van der Waals surface area contributed by atoms with Crippen LogP contribution in [0.1, 0.15) is 29.1 Å². The van der Waals surface area contributed by atoms with Crippen LogP contribution in [0.25, 0.3) is 42.6 Å². The summed E-state index contributed by atoms with van der Waals surface area (Å²) in [6.07, 6.45) is 0.261. The van der Waals surface area contributed by atoms with Gasteiger partial charge in [-0.2, -0.15) is 0 Å². The van der Waals surface area contributed by atoms with Crippen LogP contribution in [0.3, 0.4) is 0 Å². The van der Waals surface area contributed by atoms with Crippen molar-refractivity contribution in [3.63, 3.8) is 0 Å². The van der Waals surface area contributed by atoms with E-state index >= 15 is 0 Å². The maximum Gasteiger partial charge on any atom is 0.136 e. The molecule has 0 radical (unpaired) electrons. The molecule has 0 unspecified atom stereocenters. The summed E-state index contributed by atoms with van der Waals surface area (Å²) in [6, 6.07) is 13.9. The zero-order valence-electron chi connectivity index (χ0n) is 16.4. The minimum atomic E-state index is -1.45. The van der Waals surface area contributed by atoms with Gasteiger partial charge in [-0.3, -0.25) is 4.98 Å². The van der Waals surface area contributed by atoms with Crippen LogP contribution < -0.4 is 0 Å². The minimum absolute atomic E-state index is 0.506. The maximum atomic E-state index is 8.59. The Morgan fingerprint density at radius 3 is 2.76 bits per heavy atom. The summed E-state index contributed by atoms with van der Waals surface area (Å²) < 4.78 is 25.5. The average molecular weight is 347 g/mol. The molecule has 0 amide bonds. The molecular weight excluding hydrogens is 326 g/mol. The van der Waals surface area contributed by atoms with Crippen molar-refractivity contribution in [2.24, 2.45) is 5.41 Å². The van der Waals surface area contributed by atoms with Crippen LogP contribution >= 0.6 is 11.3 Å². The van der Waals surface area contributed by atoms with Crippen LogP contribution in [0.5, 0.6) is 0 Å². The first-order valence-corrected chi connectivity index (χ1v) is 9.22. The molecule has 25 heavy (non-hydrogen) atoms. The zero-order valence-corrected chi connectivity index (χ0v) is 15.2. The molecule has 3 aromatic heterocycles. The Morgan fingerprint density at radius 2 is 1.92 bits per heavy atom. The molecule has 0 spiro atoms. The van der Waals surface area contributed by atoms with E-state index in [9.17, 15) is 0 Å². The van der Waals surface area contributed by atoms with Gasteiger partial charge in [-0.25, -0.2) is 0 Å². The number of hydrogen-bond acceptors (Lipinski definition) is 3. The van der Waals surface area contributed by atoms with Crippen LogP contribution in [-0.2, 0) is 6.37 Å². The predicted molar refractivity (Wildman–Crippen MR) is 107 cm³/mol. The molecule has 0 aliphatic carbocycles. The third-order valence-electron chi connectivity index (χ3n) is 4.34. The summed E-state index contributed by atoms with van der Waals surface area (Å²) in [4.78, 5) is 4.57. The van der Waals surface area contributed by atoms with Crippen molar-refractivity contribution < 1.29 is 7.16 Å². The van der Waals surface area contributed by atoms with E-state index in [1.54, 1.807) is 23.6 Å². The molecule has 2 nitrogen and oxygen atoms in total. The Bertz CT molecular complexity index is 1290. The van der Waals surface area contributed by atoms with E-state index in [1.165, 1.54) is 10.1 Å².